The van der Waals surface area contributed by atoms with Crippen LogP contribution in [0.15, 0.2) is 56.8 Å². The summed E-state index contributed by atoms with van der Waals surface area (Å²) in [6, 6.07) is 9.43. The maximum atomic E-state index is 13.4. The van der Waals surface area contributed by atoms with E-state index in [1.165, 1.54) is 22.7 Å². The number of carbonyl (C=O) groups excluding carboxylic acids is 1. The zero-order valence-electron chi connectivity index (χ0n) is 17.8. The molecule has 0 fully saturated rings. The number of rotatable bonds is 5. The lowest BCUT2D eigenvalue weighted by molar-refractivity contribution is -0.139. The monoisotopic (exact) mass is 453 g/mol. The maximum absolute atomic E-state index is 13.4. The number of hydrogen-bond donors (Lipinski definition) is 1. The number of aryl methyl sites for hydroxylation is 2. The van der Waals surface area contributed by atoms with Crippen LogP contribution in [-0.4, -0.2) is 17.1 Å². The summed E-state index contributed by atoms with van der Waals surface area (Å²) >= 11 is 2.81. The van der Waals surface area contributed by atoms with Crippen LogP contribution in [0.1, 0.15) is 35.9 Å². The largest absolute Gasteiger partial charge is 0.463 e. The first-order chi connectivity index (χ1) is 14.9. The number of nitrogens with one attached hydrogen (secondary N) is 1. The van der Waals surface area contributed by atoms with E-state index in [1.807, 2.05) is 43.5 Å². The summed E-state index contributed by atoms with van der Waals surface area (Å²) < 4.78 is 7.42. The van der Waals surface area contributed by atoms with Crippen molar-refractivity contribution in [1.82, 2.24) is 4.57 Å². The zero-order chi connectivity index (χ0) is 22.1. The molecule has 0 bridgehead atoms. The molecule has 1 aliphatic heterocycles. The van der Waals surface area contributed by atoms with Crippen molar-refractivity contribution in [2.75, 3.05) is 11.9 Å². The Morgan fingerprint density at radius 1 is 1.29 bits per heavy atom. The molecule has 3 aromatic rings. The number of benzene rings is 1. The Hall–Kier alpha value is -2.97. The predicted molar refractivity (Wildman–Crippen MR) is 125 cm³/mol. The molecule has 0 radical (unpaired) electrons. The van der Waals surface area contributed by atoms with Gasteiger partial charge in [-0.05, 0) is 56.3 Å². The van der Waals surface area contributed by atoms with Crippen LogP contribution in [0.25, 0.3) is 6.20 Å². The van der Waals surface area contributed by atoms with Crippen molar-refractivity contribution < 1.29 is 9.53 Å². The van der Waals surface area contributed by atoms with Gasteiger partial charge in [-0.1, -0.05) is 29.5 Å². The summed E-state index contributed by atoms with van der Waals surface area (Å²) in [5.41, 5.74) is 3.97. The lowest BCUT2D eigenvalue weighted by Gasteiger charge is -2.23. The number of aromatic nitrogens is 1. The first kappa shape index (κ1) is 21.3. The molecule has 3 heterocycles. The molecular weight excluding hydrogens is 430 g/mol. The van der Waals surface area contributed by atoms with Gasteiger partial charge in [-0.25, -0.2) is 9.79 Å². The molecule has 8 heteroatoms. The maximum Gasteiger partial charge on any atom is 0.338 e. The van der Waals surface area contributed by atoms with Crippen molar-refractivity contribution in [2.24, 2.45) is 4.99 Å². The Kier molecular flexibility index (Phi) is 5.93. The molecule has 0 saturated heterocycles. The van der Waals surface area contributed by atoms with Gasteiger partial charge in [-0.3, -0.25) is 9.36 Å². The number of esters is 1. The van der Waals surface area contributed by atoms with Crippen LogP contribution in [0.2, 0.25) is 0 Å². The molecule has 6 nitrogen and oxygen atoms in total. The van der Waals surface area contributed by atoms with E-state index in [2.05, 4.69) is 16.4 Å². The number of thiophene rings is 1. The summed E-state index contributed by atoms with van der Waals surface area (Å²) in [4.78, 5) is 32.2. The van der Waals surface area contributed by atoms with Crippen LogP contribution >= 0.6 is 22.7 Å². The van der Waals surface area contributed by atoms with Gasteiger partial charge in [-0.2, -0.15) is 0 Å². The molecule has 0 spiro atoms. The van der Waals surface area contributed by atoms with Gasteiger partial charge >= 0.3 is 5.97 Å². The molecule has 1 aliphatic rings. The molecule has 2 aromatic heterocycles. The van der Waals surface area contributed by atoms with Crippen molar-refractivity contribution in [3.63, 3.8) is 0 Å². The highest BCUT2D eigenvalue weighted by Crippen LogP contribution is 2.33. The molecule has 0 saturated carbocycles. The van der Waals surface area contributed by atoms with E-state index in [-0.39, 0.29) is 12.2 Å². The highest BCUT2D eigenvalue weighted by molar-refractivity contribution is 7.10. The minimum absolute atomic E-state index is 0.186. The third kappa shape index (κ3) is 4.00. The summed E-state index contributed by atoms with van der Waals surface area (Å²) in [7, 11) is 0. The van der Waals surface area contributed by atoms with Gasteiger partial charge in [0, 0.05) is 16.8 Å². The van der Waals surface area contributed by atoms with Crippen molar-refractivity contribution in [3.8, 4) is 0 Å². The van der Waals surface area contributed by atoms with Gasteiger partial charge in [0.05, 0.1) is 17.9 Å². The number of hydrogen-bond acceptors (Lipinski definition) is 7. The number of anilines is 1. The topological polar surface area (TPSA) is 72.7 Å². The SMILES string of the molecule is CCOC(=O)C1=C(C)N=c2s/c(=C\Nc3cc(C)ccc3C)c(=O)n2[C@H]1c1cccs1. The summed E-state index contributed by atoms with van der Waals surface area (Å²) in [6.07, 6.45) is 1.72. The molecule has 160 valence electrons. The third-order valence-corrected chi connectivity index (χ3v) is 6.99. The average molecular weight is 454 g/mol. The van der Waals surface area contributed by atoms with Crippen molar-refractivity contribution in [1.29, 1.82) is 0 Å². The highest BCUT2D eigenvalue weighted by Gasteiger charge is 2.33. The van der Waals surface area contributed by atoms with Crippen LogP contribution in [0.3, 0.4) is 0 Å². The highest BCUT2D eigenvalue weighted by atomic mass is 32.1. The number of ether oxygens (including phenoxy) is 1. The Morgan fingerprint density at radius 2 is 2.10 bits per heavy atom. The van der Waals surface area contributed by atoms with E-state index in [1.54, 1.807) is 24.6 Å². The molecule has 0 amide bonds. The van der Waals surface area contributed by atoms with Gasteiger partial charge in [0.1, 0.15) is 10.6 Å². The van der Waals surface area contributed by atoms with E-state index in [0.717, 1.165) is 21.7 Å². The fraction of sp³-hybridized carbons (Fsp3) is 0.261. The van der Waals surface area contributed by atoms with Crippen molar-refractivity contribution >= 4 is 40.5 Å². The minimum Gasteiger partial charge on any atom is -0.463 e. The molecule has 0 unspecified atom stereocenters. The summed E-state index contributed by atoms with van der Waals surface area (Å²) in [6.45, 7) is 7.86. The van der Waals surface area contributed by atoms with Crippen LogP contribution in [0, 0.1) is 13.8 Å². The number of nitrogens with zero attached hydrogens (tertiary/aromatic N) is 2. The van der Waals surface area contributed by atoms with Crippen molar-refractivity contribution in [2.45, 2.75) is 33.7 Å². The van der Waals surface area contributed by atoms with Gasteiger partial charge in [0.15, 0.2) is 4.80 Å². The Morgan fingerprint density at radius 3 is 2.81 bits per heavy atom. The van der Waals surface area contributed by atoms with E-state index >= 15 is 0 Å². The Labute approximate surface area is 187 Å². The zero-order valence-corrected chi connectivity index (χ0v) is 19.4. The molecular formula is C23H23N3O3S2. The van der Waals surface area contributed by atoms with E-state index < -0.39 is 12.0 Å². The predicted octanol–water partition coefficient (Wildman–Crippen LogP) is 3.50. The second-order valence-corrected chi connectivity index (χ2v) is 9.27. The average Bonchev–Trinajstić information content (AvgIpc) is 3.36. The van der Waals surface area contributed by atoms with Crippen molar-refractivity contribution in [3.05, 3.63) is 82.7 Å². The molecule has 31 heavy (non-hydrogen) atoms. The van der Waals surface area contributed by atoms with Gasteiger partial charge < -0.3 is 10.1 Å². The van der Waals surface area contributed by atoms with Crippen LogP contribution in [-0.2, 0) is 9.53 Å². The fourth-order valence-corrected chi connectivity index (χ4v) is 5.34. The third-order valence-electron chi connectivity index (χ3n) is 5.08. The van der Waals surface area contributed by atoms with Gasteiger partial charge in [0.2, 0.25) is 0 Å². The fourth-order valence-electron chi connectivity index (χ4n) is 3.54. The van der Waals surface area contributed by atoms with E-state index in [9.17, 15) is 9.59 Å². The lowest BCUT2D eigenvalue weighted by atomic mass is 10.0. The number of allylic oxidation sites excluding steroid dienone is 1. The molecule has 1 atom stereocenters. The standard InChI is InChI=1S/C23H23N3O3S2/c1-5-29-22(28)19-15(4)25-23-26(20(19)17-7-6-10-30-17)21(27)18(31-23)12-24-16-11-13(2)8-9-14(16)3/h6-12,20,24H,5H2,1-4H3/b18-12-/t20-/m0/s1. The molecule has 1 N–H and O–H groups in total. The summed E-state index contributed by atoms with van der Waals surface area (Å²) in [5, 5.41) is 5.20. The minimum atomic E-state index is -0.543. The number of thiazole rings is 1. The van der Waals surface area contributed by atoms with E-state index in [0.29, 0.717) is 20.6 Å². The first-order valence-corrected chi connectivity index (χ1v) is 11.7. The molecule has 4 rings (SSSR count). The molecule has 0 aliphatic carbocycles. The Balaban J connectivity index is 1.85. The van der Waals surface area contributed by atoms with Crippen LogP contribution in [0.4, 0.5) is 5.69 Å². The van der Waals surface area contributed by atoms with Crippen LogP contribution < -0.4 is 20.2 Å². The number of carbonyl (C=O) groups is 1. The quantitative estimate of drug-likeness (QED) is 0.600. The summed E-state index contributed by atoms with van der Waals surface area (Å²) in [5.74, 6) is -0.440. The normalized spacial score (nSPS) is 16.1. The number of fused-ring (bicyclic) bond motifs is 1. The van der Waals surface area contributed by atoms with Crippen LogP contribution in [0.5, 0.6) is 0 Å². The molecule has 1 aromatic carbocycles. The van der Waals surface area contributed by atoms with Gasteiger partial charge in [-0.15, -0.1) is 11.3 Å². The second-order valence-electron chi connectivity index (χ2n) is 7.28. The second kappa shape index (κ2) is 8.64. The lowest BCUT2D eigenvalue weighted by Crippen LogP contribution is -2.39. The first-order valence-electron chi connectivity index (χ1n) is 9.96. The van der Waals surface area contributed by atoms with E-state index in [4.69, 9.17) is 4.74 Å². The van der Waals surface area contributed by atoms with Gasteiger partial charge in [0.25, 0.3) is 5.56 Å². The smallest absolute Gasteiger partial charge is 0.338 e. The Bertz CT molecular complexity index is 1350.